The van der Waals surface area contributed by atoms with Gasteiger partial charge in [-0.2, -0.15) is 0 Å². The molecule has 2 fully saturated rings. The van der Waals surface area contributed by atoms with E-state index in [0.29, 0.717) is 24.5 Å². The Hall–Kier alpha value is -1.71. The van der Waals surface area contributed by atoms with Gasteiger partial charge in [-0.05, 0) is 49.7 Å². The molecule has 2 aliphatic rings. The van der Waals surface area contributed by atoms with Gasteiger partial charge in [0.25, 0.3) is 0 Å². The number of hydrogen-bond acceptors (Lipinski definition) is 3. The Balaban J connectivity index is 1.45. The van der Waals surface area contributed by atoms with E-state index in [4.69, 9.17) is 10.5 Å². The van der Waals surface area contributed by atoms with Crippen LogP contribution in [0.3, 0.4) is 0 Å². The van der Waals surface area contributed by atoms with Gasteiger partial charge in [0.15, 0.2) is 0 Å². The summed E-state index contributed by atoms with van der Waals surface area (Å²) < 4.78 is 5.63. The van der Waals surface area contributed by atoms with E-state index < -0.39 is 0 Å². The first-order chi connectivity index (χ1) is 10.2. The number of nitrogen functional groups attached to an aromatic ring is 1. The van der Waals surface area contributed by atoms with Crippen molar-refractivity contribution in [3.63, 3.8) is 0 Å². The Bertz CT molecular complexity index is 481. The molecule has 0 unspecified atom stereocenters. The fraction of sp³-hybridized carbons (Fsp3) is 0.588. The molecular formula is C17H24N2O2. The summed E-state index contributed by atoms with van der Waals surface area (Å²) in [4.78, 5) is 14.4. The minimum Gasteiger partial charge on any atom is -0.491 e. The van der Waals surface area contributed by atoms with E-state index in [1.54, 1.807) is 0 Å². The van der Waals surface area contributed by atoms with Crippen LogP contribution in [0.2, 0.25) is 0 Å². The molecule has 1 aromatic carbocycles. The molecule has 0 aromatic heterocycles. The molecule has 3 rings (SSSR count). The molecule has 0 atom stereocenters. The number of amides is 1. The molecule has 0 spiro atoms. The van der Waals surface area contributed by atoms with Gasteiger partial charge >= 0.3 is 0 Å². The number of anilines is 1. The van der Waals surface area contributed by atoms with E-state index >= 15 is 0 Å². The van der Waals surface area contributed by atoms with Crippen molar-refractivity contribution in [1.82, 2.24) is 4.90 Å². The van der Waals surface area contributed by atoms with Gasteiger partial charge in [0.05, 0.1) is 18.7 Å². The number of ether oxygens (including phenoxy) is 1. The maximum atomic E-state index is 12.4. The van der Waals surface area contributed by atoms with Crippen molar-refractivity contribution in [1.29, 1.82) is 0 Å². The monoisotopic (exact) mass is 288 g/mol. The van der Waals surface area contributed by atoms with Crippen LogP contribution in [0.4, 0.5) is 5.69 Å². The number of carbonyl (C=O) groups is 1. The van der Waals surface area contributed by atoms with Crippen LogP contribution >= 0.6 is 0 Å². The van der Waals surface area contributed by atoms with Crippen LogP contribution in [0, 0.1) is 11.8 Å². The Kier molecular flexibility index (Phi) is 4.32. The van der Waals surface area contributed by atoms with Crippen molar-refractivity contribution in [2.24, 2.45) is 11.8 Å². The highest BCUT2D eigenvalue weighted by Crippen LogP contribution is 2.34. The molecule has 2 N–H and O–H groups in total. The second-order valence-electron chi connectivity index (χ2n) is 6.32. The van der Waals surface area contributed by atoms with Gasteiger partial charge in [0.2, 0.25) is 5.91 Å². The van der Waals surface area contributed by atoms with Gasteiger partial charge in [-0.1, -0.05) is 12.1 Å². The predicted molar refractivity (Wildman–Crippen MR) is 83.0 cm³/mol. The fourth-order valence-electron chi connectivity index (χ4n) is 2.52. The number of nitrogens with zero attached hydrogens (tertiary/aromatic N) is 1. The molecular weight excluding hydrogens is 264 g/mol. The zero-order valence-electron chi connectivity index (χ0n) is 12.5. The molecule has 0 radical (unpaired) electrons. The van der Waals surface area contributed by atoms with Crippen molar-refractivity contribution in [3.05, 3.63) is 24.3 Å². The first kappa shape index (κ1) is 14.2. The van der Waals surface area contributed by atoms with Crippen molar-refractivity contribution >= 4 is 11.6 Å². The van der Waals surface area contributed by atoms with Crippen molar-refractivity contribution < 1.29 is 9.53 Å². The van der Waals surface area contributed by atoms with Gasteiger partial charge in [-0.25, -0.2) is 0 Å². The highest BCUT2D eigenvalue weighted by atomic mass is 16.5. The summed E-state index contributed by atoms with van der Waals surface area (Å²) in [5.41, 5.74) is 6.45. The Labute approximate surface area is 126 Å². The molecule has 1 amide bonds. The average Bonchev–Trinajstić information content (AvgIpc) is 3.35. The third kappa shape index (κ3) is 4.38. The second kappa shape index (κ2) is 6.37. The number of carbonyl (C=O) groups excluding carboxylic acids is 1. The Morgan fingerprint density at radius 2 is 1.76 bits per heavy atom. The summed E-state index contributed by atoms with van der Waals surface area (Å²) in [7, 11) is 0. The van der Waals surface area contributed by atoms with Crippen molar-refractivity contribution in [2.75, 3.05) is 25.4 Å². The largest absolute Gasteiger partial charge is 0.491 e. The van der Waals surface area contributed by atoms with Crippen LogP contribution in [0.5, 0.6) is 5.75 Å². The van der Waals surface area contributed by atoms with E-state index in [2.05, 4.69) is 4.90 Å². The van der Waals surface area contributed by atoms with Gasteiger partial charge in [0, 0.05) is 13.1 Å². The highest BCUT2D eigenvalue weighted by Gasteiger charge is 2.31. The van der Waals surface area contributed by atoms with E-state index in [1.807, 2.05) is 24.3 Å². The van der Waals surface area contributed by atoms with E-state index in [1.165, 1.54) is 25.7 Å². The Morgan fingerprint density at radius 3 is 2.33 bits per heavy atom. The lowest BCUT2D eigenvalue weighted by molar-refractivity contribution is -0.132. The van der Waals surface area contributed by atoms with Gasteiger partial charge in [0.1, 0.15) is 5.75 Å². The van der Waals surface area contributed by atoms with Crippen LogP contribution < -0.4 is 10.5 Å². The van der Waals surface area contributed by atoms with E-state index in [0.717, 1.165) is 24.9 Å². The predicted octanol–water partition coefficient (Wildman–Crippen LogP) is 2.69. The number of benzene rings is 1. The third-order valence-electron chi connectivity index (χ3n) is 4.20. The maximum absolute atomic E-state index is 12.4. The molecule has 114 valence electrons. The molecule has 4 nitrogen and oxygen atoms in total. The fourth-order valence-corrected chi connectivity index (χ4v) is 2.52. The third-order valence-corrected chi connectivity index (χ3v) is 4.20. The molecule has 0 heterocycles. The number of hydrogen-bond donors (Lipinski definition) is 1. The lowest BCUT2D eigenvalue weighted by Gasteiger charge is -2.22. The van der Waals surface area contributed by atoms with Crippen molar-refractivity contribution in [2.45, 2.75) is 32.1 Å². The normalized spacial score (nSPS) is 17.5. The quantitative estimate of drug-likeness (QED) is 0.748. The van der Waals surface area contributed by atoms with Crippen molar-refractivity contribution in [3.8, 4) is 5.75 Å². The molecule has 0 bridgehead atoms. The van der Waals surface area contributed by atoms with Crippen LogP contribution in [-0.2, 0) is 4.79 Å². The summed E-state index contributed by atoms with van der Waals surface area (Å²) in [5.74, 6) is 2.39. The van der Waals surface area contributed by atoms with Gasteiger partial charge in [-0.3, -0.25) is 4.79 Å². The summed E-state index contributed by atoms with van der Waals surface area (Å²) >= 11 is 0. The van der Waals surface area contributed by atoms with E-state index in [9.17, 15) is 4.79 Å². The topological polar surface area (TPSA) is 55.6 Å². The second-order valence-corrected chi connectivity index (χ2v) is 6.32. The summed E-state index contributed by atoms with van der Waals surface area (Å²) in [5, 5.41) is 0. The summed E-state index contributed by atoms with van der Waals surface area (Å²) in [6.45, 7) is 2.30. The molecule has 2 saturated carbocycles. The zero-order chi connectivity index (χ0) is 14.7. The number of para-hydroxylation sites is 2. The first-order valence-electron chi connectivity index (χ1n) is 7.97. The van der Waals surface area contributed by atoms with Crippen LogP contribution in [0.25, 0.3) is 0 Å². The summed E-state index contributed by atoms with van der Waals surface area (Å²) in [6.07, 6.45) is 5.57. The van der Waals surface area contributed by atoms with Gasteiger partial charge < -0.3 is 15.4 Å². The first-order valence-corrected chi connectivity index (χ1v) is 7.97. The molecule has 0 aliphatic heterocycles. The lowest BCUT2D eigenvalue weighted by Crippen LogP contribution is -2.35. The number of rotatable bonds is 8. The maximum Gasteiger partial charge on any atom is 0.226 e. The lowest BCUT2D eigenvalue weighted by atomic mass is 10.2. The van der Waals surface area contributed by atoms with Crippen LogP contribution in [-0.4, -0.2) is 30.5 Å². The molecule has 1 aromatic rings. The minimum atomic E-state index is 0.225. The molecule has 0 saturated heterocycles. The van der Waals surface area contributed by atoms with Crippen LogP contribution in [0.1, 0.15) is 32.1 Å². The Morgan fingerprint density at radius 1 is 1.14 bits per heavy atom. The van der Waals surface area contributed by atoms with E-state index in [-0.39, 0.29) is 5.91 Å². The minimum absolute atomic E-state index is 0.225. The number of nitrogens with two attached hydrogens (primary N) is 1. The van der Waals surface area contributed by atoms with Gasteiger partial charge in [-0.15, -0.1) is 0 Å². The summed E-state index contributed by atoms with van der Waals surface area (Å²) in [6, 6.07) is 7.41. The van der Waals surface area contributed by atoms with Crippen LogP contribution in [0.15, 0.2) is 24.3 Å². The average molecular weight is 288 g/mol. The zero-order valence-corrected chi connectivity index (χ0v) is 12.5. The standard InChI is InChI=1S/C17H24N2O2/c18-15-3-1-2-4-16(15)21-10-9-17(20)19(11-13-5-6-13)12-14-7-8-14/h1-4,13-14H,5-12,18H2. The smallest absolute Gasteiger partial charge is 0.226 e. The molecule has 4 heteroatoms. The molecule has 21 heavy (non-hydrogen) atoms. The highest BCUT2D eigenvalue weighted by molar-refractivity contribution is 5.76. The molecule has 2 aliphatic carbocycles. The SMILES string of the molecule is Nc1ccccc1OCCC(=O)N(CC1CC1)CC1CC1.